The Balaban J connectivity index is 2.73. The number of ether oxygens (including phenoxy) is 1. The number of hydrogen-bond donors (Lipinski definition) is 1. The molecule has 0 aromatic rings. The largest absolute Gasteiger partial charge is 0.480 e. The van der Waals surface area contributed by atoms with Gasteiger partial charge in [0.1, 0.15) is 11.6 Å². The van der Waals surface area contributed by atoms with Crippen molar-refractivity contribution in [3.05, 3.63) is 0 Å². The second-order valence-corrected chi connectivity index (χ2v) is 5.50. The summed E-state index contributed by atoms with van der Waals surface area (Å²) in [5, 5.41) is 9.09. The first-order valence-corrected chi connectivity index (χ1v) is 5.97. The van der Waals surface area contributed by atoms with E-state index in [-0.39, 0.29) is 5.92 Å². The Morgan fingerprint density at radius 1 is 1.41 bits per heavy atom. The summed E-state index contributed by atoms with van der Waals surface area (Å²) < 4.78 is 5.22. The van der Waals surface area contributed by atoms with Crippen LogP contribution in [0.1, 0.15) is 40.5 Å². The standard InChI is InChI=1S/C12H21NO4/c1-5-8-6-9(10(14)15)13(7-8)11(16)17-12(2,3)4/h8-9H,5-7H2,1-4H3,(H,14,15)/t8?,9-/m0/s1. The Kier molecular flexibility index (Phi) is 4.01. The number of nitrogens with zero attached hydrogens (tertiary/aromatic N) is 1. The van der Waals surface area contributed by atoms with Crippen molar-refractivity contribution in [1.29, 1.82) is 0 Å². The topological polar surface area (TPSA) is 66.8 Å². The van der Waals surface area contributed by atoms with Gasteiger partial charge in [-0.05, 0) is 33.1 Å². The van der Waals surface area contributed by atoms with Crippen molar-refractivity contribution in [1.82, 2.24) is 4.90 Å². The minimum atomic E-state index is -0.952. The molecule has 1 aliphatic rings. The molecule has 0 bridgehead atoms. The molecule has 1 saturated heterocycles. The van der Waals surface area contributed by atoms with Gasteiger partial charge >= 0.3 is 12.1 Å². The third-order valence-corrected chi connectivity index (χ3v) is 2.88. The Hall–Kier alpha value is -1.26. The van der Waals surface area contributed by atoms with Gasteiger partial charge in [-0.2, -0.15) is 0 Å². The summed E-state index contributed by atoms with van der Waals surface area (Å²) >= 11 is 0. The van der Waals surface area contributed by atoms with E-state index < -0.39 is 23.7 Å². The number of carbonyl (C=O) groups excluding carboxylic acids is 1. The van der Waals surface area contributed by atoms with Crippen molar-refractivity contribution in [3.8, 4) is 0 Å². The van der Waals surface area contributed by atoms with Gasteiger partial charge in [0.15, 0.2) is 0 Å². The monoisotopic (exact) mass is 243 g/mol. The molecule has 0 aliphatic carbocycles. The van der Waals surface area contributed by atoms with Gasteiger partial charge in [-0.3, -0.25) is 4.90 Å². The first-order chi connectivity index (χ1) is 7.74. The van der Waals surface area contributed by atoms with Gasteiger partial charge in [-0.15, -0.1) is 0 Å². The molecule has 98 valence electrons. The summed E-state index contributed by atoms with van der Waals surface area (Å²) in [5.41, 5.74) is -0.593. The number of aliphatic carboxylic acids is 1. The molecule has 1 N–H and O–H groups in total. The highest BCUT2D eigenvalue weighted by Gasteiger charge is 2.40. The lowest BCUT2D eigenvalue weighted by atomic mass is 10.0. The SMILES string of the molecule is CCC1C[C@@H](C(=O)O)N(C(=O)OC(C)(C)C)C1. The predicted molar refractivity (Wildman–Crippen MR) is 62.8 cm³/mol. The molecule has 5 heteroatoms. The molecule has 1 amide bonds. The van der Waals surface area contributed by atoms with Gasteiger partial charge < -0.3 is 9.84 Å². The number of likely N-dealkylation sites (tertiary alicyclic amines) is 1. The quantitative estimate of drug-likeness (QED) is 0.806. The highest BCUT2D eigenvalue weighted by Crippen LogP contribution is 2.27. The molecule has 0 radical (unpaired) electrons. The molecule has 1 unspecified atom stereocenters. The van der Waals surface area contributed by atoms with Gasteiger partial charge in [-0.25, -0.2) is 9.59 Å². The summed E-state index contributed by atoms with van der Waals surface area (Å²) in [6.45, 7) is 7.79. The van der Waals surface area contributed by atoms with E-state index in [9.17, 15) is 9.59 Å². The van der Waals surface area contributed by atoms with Crippen LogP contribution in [0.2, 0.25) is 0 Å². The molecule has 1 rings (SSSR count). The van der Waals surface area contributed by atoms with E-state index >= 15 is 0 Å². The zero-order chi connectivity index (χ0) is 13.2. The van der Waals surface area contributed by atoms with E-state index in [1.807, 2.05) is 6.92 Å². The normalized spacial score (nSPS) is 24.8. The number of hydrogen-bond acceptors (Lipinski definition) is 3. The molecule has 5 nitrogen and oxygen atoms in total. The summed E-state index contributed by atoms with van der Waals surface area (Å²) in [5.74, 6) is -0.699. The van der Waals surface area contributed by atoms with Crippen LogP contribution in [-0.4, -0.2) is 40.3 Å². The summed E-state index contributed by atoms with van der Waals surface area (Å²) in [6.07, 6.45) is 0.870. The fourth-order valence-corrected chi connectivity index (χ4v) is 1.98. The molecule has 0 aromatic heterocycles. The summed E-state index contributed by atoms with van der Waals surface area (Å²) in [7, 11) is 0. The van der Waals surface area contributed by atoms with Crippen molar-refractivity contribution >= 4 is 12.1 Å². The van der Waals surface area contributed by atoms with Crippen LogP contribution >= 0.6 is 0 Å². The molecule has 0 spiro atoms. The first-order valence-electron chi connectivity index (χ1n) is 5.97. The number of rotatable bonds is 2. The van der Waals surface area contributed by atoms with Crippen LogP contribution in [0, 0.1) is 5.92 Å². The van der Waals surface area contributed by atoms with Crippen LogP contribution in [0.25, 0.3) is 0 Å². The minimum absolute atomic E-state index is 0.253. The summed E-state index contributed by atoms with van der Waals surface area (Å²) in [6, 6.07) is -0.741. The van der Waals surface area contributed by atoms with E-state index in [2.05, 4.69) is 0 Å². The van der Waals surface area contributed by atoms with Crippen molar-refractivity contribution in [2.24, 2.45) is 5.92 Å². The van der Waals surface area contributed by atoms with E-state index in [1.165, 1.54) is 4.90 Å². The van der Waals surface area contributed by atoms with Crippen molar-refractivity contribution in [3.63, 3.8) is 0 Å². The molecule has 17 heavy (non-hydrogen) atoms. The lowest BCUT2D eigenvalue weighted by molar-refractivity contribution is -0.142. The molecular formula is C12H21NO4. The van der Waals surface area contributed by atoms with E-state index in [0.29, 0.717) is 13.0 Å². The number of carboxylic acids is 1. The van der Waals surface area contributed by atoms with Gasteiger partial charge in [-0.1, -0.05) is 13.3 Å². The maximum atomic E-state index is 11.9. The first kappa shape index (κ1) is 13.8. The van der Waals surface area contributed by atoms with Gasteiger partial charge in [0.25, 0.3) is 0 Å². The lowest BCUT2D eigenvalue weighted by Gasteiger charge is -2.26. The van der Waals surface area contributed by atoms with Crippen molar-refractivity contribution in [2.75, 3.05) is 6.54 Å². The predicted octanol–water partition coefficient (Wildman–Crippen LogP) is 2.11. The Labute approximate surface area is 102 Å². The van der Waals surface area contributed by atoms with Crippen LogP contribution < -0.4 is 0 Å². The van der Waals surface area contributed by atoms with Crippen LogP contribution in [0.3, 0.4) is 0 Å². The zero-order valence-corrected chi connectivity index (χ0v) is 10.9. The molecule has 0 saturated carbocycles. The van der Waals surface area contributed by atoms with Gasteiger partial charge in [0.05, 0.1) is 0 Å². The third-order valence-electron chi connectivity index (χ3n) is 2.88. The molecule has 0 aromatic carbocycles. The van der Waals surface area contributed by atoms with Gasteiger partial charge in [0.2, 0.25) is 0 Å². The second kappa shape index (κ2) is 4.94. The lowest BCUT2D eigenvalue weighted by Crippen LogP contribution is -2.43. The number of amides is 1. The average molecular weight is 243 g/mol. The number of carboxylic acid groups (broad SMARTS) is 1. The average Bonchev–Trinajstić information content (AvgIpc) is 2.58. The Morgan fingerprint density at radius 2 is 2.00 bits per heavy atom. The highest BCUT2D eigenvalue weighted by atomic mass is 16.6. The fraction of sp³-hybridized carbons (Fsp3) is 0.833. The molecule has 2 atom stereocenters. The molecule has 1 fully saturated rings. The van der Waals surface area contributed by atoms with Crippen molar-refractivity contribution < 1.29 is 19.4 Å². The Bertz CT molecular complexity index is 308. The molecule has 1 heterocycles. The summed E-state index contributed by atoms with van der Waals surface area (Å²) in [4.78, 5) is 24.3. The second-order valence-electron chi connectivity index (χ2n) is 5.50. The van der Waals surface area contributed by atoms with Gasteiger partial charge in [0, 0.05) is 6.54 Å². The Morgan fingerprint density at radius 3 is 2.41 bits per heavy atom. The fourth-order valence-electron chi connectivity index (χ4n) is 1.98. The van der Waals surface area contributed by atoms with Crippen LogP contribution in [0.15, 0.2) is 0 Å². The maximum Gasteiger partial charge on any atom is 0.411 e. The van der Waals surface area contributed by atoms with Crippen LogP contribution in [-0.2, 0) is 9.53 Å². The van der Waals surface area contributed by atoms with Crippen LogP contribution in [0.5, 0.6) is 0 Å². The van der Waals surface area contributed by atoms with E-state index in [1.54, 1.807) is 20.8 Å². The van der Waals surface area contributed by atoms with E-state index in [0.717, 1.165) is 6.42 Å². The zero-order valence-electron chi connectivity index (χ0n) is 10.9. The van der Waals surface area contributed by atoms with Crippen LogP contribution in [0.4, 0.5) is 4.79 Å². The molecule has 1 aliphatic heterocycles. The smallest absolute Gasteiger partial charge is 0.411 e. The third kappa shape index (κ3) is 3.61. The maximum absolute atomic E-state index is 11.9. The number of carbonyl (C=O) groups is 2. The minimum Gasteiger partial charge on any atom is -0.480 e. The van der Waals surface area contributed by atoms with E-state index in [4.69, 9.17) is 9.84 Å². The van der Waals surface area contributed by atoms with Crippen molar-refractivity contribution in [2.45, 2.75) is 52.2 Å². The molecular weight excluding hydrogens is 222 g/mol. The highest BCUT2D eigenvalue weighted by molar-refractivity contribution is 5.80.